The van der Waals surface area contributed by atoms with Gasteiger partial charge in [-0.05, 0) is 67.1 Å². The number of rotatable bonds is 5. The normalized spacial score (nSPS) is 10.8. The molecule has 3 aromatic rings. The van der Waals surface area contributed by atoms with Crippen molar-refractivity contribution in [3.8, 4) is 17.7 Å². The van der Waals surface area contributed by atoms with Gasteiger partial charge in [-0.1, -0.05) is 6.07 Å². The van der Waals surface area contributed by atoms with Gasteiger partial charge >= 0.3 is 6.18 Å². The van der Waals surface area contributed by atoms with E-state index >= 15 is 0 Å². The number of carbonyl (C=O) groups excluding carboxylic acids is 2. The molecule has 0 spiro atoms. The van der Waals surface area contributed by atoms with E-state index in [0.717, 1.165) is 24.3 Å². The highest BCUT2D eigenvalue weighted by Crippen LogP contribution is 2.36. The number of nitrogens with one attached hydrogen (secondary N) is 2. The third-order valence-electron chi connectivity index (χ3n) is 4.46. The van der Waals surface area contributed by atoms with E-state index in [1.54, 1.807) is 0 Å². The van der Waals surface area contributed by atoms with Gasteiger partial charge in [0.05, 0.1) is 11.1 Å². The maximum atomic E-state index is 13.4. The topological polar surface area (TPSA) is 91.2 Å². The number of nitriles is 1. The van der Waals surface area contributed by atoms with Crippen LogP contribution in [0.25, 0.3) is 0 Å². The van der Waals surface area contributed by atoms with Crippen LogP contribution in [0.3, 0.4) is 0 Å². The second kappa shape index (κ2) is 9.40. The molecule has 0 fully saturated rings. The number of benzene rings is 3. The molecule has 0 atom stereocenters. The minimum Gasteiger partial charge on any atom is -0.456 e. The molecule has 0 radical (unpaired) electrons. The summed E-state index contributed by atoms with van der Waals surface area (Å²) >= 11 is 0. The van der Waals surface area contributed by atoms with E-state index in [2.05, 4.69) is 5.32 Å². The summed E-state index contributed by atoms with van der Waals surface area (Å²) in [5, 5.41) is 13.0. The molecule has 168 valence electrons. The Morgan fingerprint density at radius 3 is 2.39 bits per heavy atom. The quantitative estimate of drug-likeness (QED) is 0.305. The minimum atomic E-state index is -4.69. The molecule has 0 heterocycles. The fourth-order valence-corrected chi connectivity index (χ4v) is 2.88. The summed E-state index contributed by atoms with van der Waals surface area (Å²) in [5.41, 5.74) is -0.702. The molecule has 0 saturated carbocycles. The largest absolute Gasteiger partial charge is 0.456 e. The van der Waals surface area contributed by atoms with Crippen molar-refractivity contribution in [2.24, 2.45) is 0 Å². The molecule has 0 aliphatic rings. The number of hydrogen-bond donors (Lipinski definition) is 2. The lowest BCUT2D eigenvalue weighted by atomic mass is 10.1. The van der Waals surface area contributed by atoms with Gasteiger partial charge in [-0.3, -0.25) is 14.9 Å². The molecule has 33 heavy (non-hydrogen) atoms. The Hall–Kier alpha value is -4.39. The van der Waals surface area contributed by atoms with Crippen LogP contribution >= 0.6 is 0 Å². The van der Waals surface area contributed by atoms with Gasteiger partial charge in [0, 0.05) is 11.3 Å². The fraction of sp³-hybridized carbons (Fsp3) is 0.0870. The van der Waals surface area contributed by atoms with Crippen LogP contribution in [0.5, 0.6) is 11.5 Å². The Balaban J connectivity index is 1.96. The van der Waals surface area contributed by atoms with Crippen molar-refractivity contribution >= 4 is 17.5 Å². The summed E-state index contributed by atoms with van der Waals surface area (Å²) in [6, 6.07) is 11.4. The van der Waals surface area contributed by atoms with Crippen molar-refractivity contribution in [3.05, 3.63) is 88.7 Å². The Morgan fingerprint density at radius 2 is 1.73 bits per heavy atom. The van der Waals surface area contributed by atoms with Crippen LogP contribution in [0.15, 0.2) is 60.7 Å². The monoisotopic (exact) mass is 457 g/mol. The molecule has 0 unspecified atom stereocenters. The second-order valence-electron chi connectivity index (χ2n) is 6.82. The van der Waals surface area contributed by atoms with Crippen molar-refractivity contribution < 1.29 is 31.9 Å². The molecule has 0 aromatic heterocycles. The van der Waals surface area contributed by atoms with E-state index < -0.39 is 35.1 Å². The fourth-order valence-electron chi connectivity index (χ4n) is 2.88. The predicted octanol–water partition coefficient (Wildman–Crippen LogP) is 5.41. The SMILES string of the molecule is Cc1cc(F)ccc1Oc1cc(C(F)(F)F)ccc1C(=O)Nc1cccc(C(=O)NC#N)c1. The van der Waals surface area contributed by atoms with Crippen molar-refractivity contribution in [3.63, 3.8) is 0 Å². The Bertz CT molecular complexity index is 1270. The van der Waals surface area contributed by atoms with Gasteiger partial charge in [0.25, 0.3) is 11.8 Å². The number of nitrogens with zero attached hydrogens (tertiary/aromatic N) is 1. The first kappa shape index (κ1) is 23.3. The highest BCUT2D eigenvalue weighted by Gasteiger charge is 2.32. The molecule has 3 rings (SSSR count). The van der Waals surface area contributed by atoms with E-state index in [9.17, 15) is 27.2 Å². The molecular formula is C23H15F4N3O3. The number of aryl methyl sites for hydroxylation is 1. The molecule has 3 aromatic carbocycles. The van der Waals surface area contributed by atoms with Gasteiger partial charge in [0.1, 0.15) is 17.3 Å². The van der Waals surface area contributed by atoms with Crippen LogP contribution in [-0.4, -0.2) is 11.8 Å². The summed E-state index contributed by atoms with van der Waals surface area (Å²) in [6.07, 6.45) is -3.20. The molecule has 0 saturated heterocycles. The van der Waals surface area contributed by atoms with Crippen molar-refractivity contribution in [2.45, 2.75) is 13.1 Å². The average molecular weight is 457 g/mol. The molecule has 0 aliphatic carbocycles. The van der Waals surface area contributed by atoms with Gasteiger partial charge in [0.15, 0.2) is 6.19 Å². The lowest BCUT2D eigenvalue weighted by molar-refractivity contribution is -0.137. The lowest BCUT2D eigenvalue weighted by Gasteiger charge is -2.16. The Labute approximate surface area is 185 Å². The zero-order chi connectivity index (χ0) is 24.2. The number of alkyl halides is 3. The van der Waals surface area contributed by atoms with Crippen LogP contribution in [0, 0.1) is 24.2 Å². The van der Waals surface area contributed by atoms with E-state index in [-0.39, 0.29) is 22.6 Å². The van der Waals surface area contributed by atoms with Crippen LogP contribution < -0.4 is 15.4 Å². The molecule has 2 N–H and O–H groups in total. The lowest BCUT2D eigenvalue weighted by Crippen LogP contribution is -2.18. The van der Waals surface area contributed by atoms with E-state index in [1.165, 1.54) is 43.4 Å². The predicted molar refractivity (Wildman–Crippen MR) is 110 cm³/mol. The molecule has 0 bridgehead atoms. The standard InChI is InChI=1S/C23H15F4N3O3/c1-13-9-16(24)6-8-19(13)33-20-11-15(23(25,26)27)5-7-18(20)22(32)30-17-4-2-3-14(10-17)21(31)29-12-28/h2-11H,1H3,(H,29,31)(H,30,32). The third-order valence-corrected chi connectivity index (χ3v) is 4.46. The summed E-state index contributed by atoms with van der Waals surface area (Å²) in [7, 11) is 0. The third kappa shape index (κ3) is 5.65. The molecular weight excluding hydrogens is 442 g/mol. The maximum absolute atomic E-state index is 13.4. The van der Waals surface area contributed by atoms with Gasteiger partial charge in [-0.15, -0.1) is 0 Å². The van der Waals surface area contributed by atoms with Gasteiger partial charge in [-0.25, -0.2) is 4.39 Å². The summed E-state index contributed by atoms with van der Waals surface area (Å²) in [5.74, 6) is -2.38. The number of amides is 2. The van der Waals surface area contributed by atoms with Gasteiger partial charge in [0.2, 0.25) is 0 Å². The van der Waals surface area contributed by atoms with Gasteiger partial charge in [-0.2, -0.15) is 18.4 Å². The number of ether oxygens (including phenoxy) is 1. The van der Waals surface area contributed by atoms with E-state index in [4.69, 9.17) is 10.00 Å². The van der Waals surface area contributed by atoms with Crippen molar-refractivity contribution in [1.29, 1.82) is 5.26 Å². The number of anilines is 1. The second-order valence-corrected chi connectivity index (χ2v) is 6.82. The first-order valence-electron chi connectivity index (χ1n) is 9.34. The van der Waals surface area contributed by atoms with E-state index in [1.807, 2.05) is 5.32 Å². The Morgan fingerprint density at radius 1 is 0.970 bits per heavy atom. The molecule has 6 nitrogen and oxygen atoms in total. The van der Waals surface area contributed by atoms with Crippen LogP contribution in [0.1, 0.15) is 31.8 Å². The highest BCUT2D eigenvalue weighted by atomic mass is 19.4. The zero-order valence-electron chi connectivity index (χ0n) is 17.0. The number of hydrogen-bond acceptors (Lipinski definition) is 4. The Kier molecular flexibility index (Phi) is 6.63. The molecule has 10 heteroatoms. The van der Waals surface area contributed by atoms with E-state index in [0.29, 0.717) is 11.6 Å². The summed E-state index contributed by atoms with van der Waals surface area (Å²) in [4.78, 5) is 24.6. The first-order chi connectivity index (χ1) is 15.6. The zero-order valence-corrected chi connectivity index (χ0v) is 17.0. The average Bonchev–Trinajstić information content (AvgIpc) is 2.75. The van der Waals surface area contributed by atoms with Crippen molar-refractivity contribution in [2.75, 3.05) is 5.32 Å². The number of carbonyl (C=O) groups is 2. The highest BCUT2D eigenvalue weighted by molar-refractivity contribution is 6.07. The number of halogens is 4. The summed E-state index contributed by atoms with van der Waals surface area (Å²) < 4.78 is 58.6. The van der Waals surface area contributed by atoms with Crippen LogP contribution in [0.4, 0.5) is 23.2 Å². The summed E-state index contributed by atoms with van der Waals surface area (Å²) in [6.45, 7) is 1.50. The minimum absolute atomic E-state index is 0.0694. The molecule has 0 aliphatic heterocycles. The first-order valence-corrected chi connectivity index (χ1v) is 9.34. The maximum Gasteiger partial charge on any atom is 0.416 e. The smallest absolute Gasteiger partial charge is 0.416 e. The molecule has 2 amide bonds. The van der Waals surface area contributed by atoms with Gasteiger partial charge < -0.3 is 10.1 Å². The van der Waals surface area contributed by atoms with Crippen molar-refractivity contribution in [1.82, 2.24) is 5.32 Å². The van der Waals surface area contributed by atoms with Crippen LogP contribution in [-0.2, 0) is 6.18 Å². The van der Waals surface area contributed by atoms with Crippen LogP contribution in [0.2, 0.25) is 0 Å².